The molecule has 0 fully saturated rings. The maximum atomic E-state index is 12.2. The summed E-state index contributed by atoms with van der Waals surface area (Å²) in [6, 6.07) is 10.0. The fourth-order valence-corrected chi connectivity index (χ4v) is 2.82. The molecule has 128 valence electrons. The fourth-order valence-electron chi connectivity index (χ4n) is 1.91. The van der Waals surface area contributed by atoms with E-state index in [-0.39, 0.29) is 18.3 Å². The third-order valence-corrected chi connectivity index (χ3v) is 4.17. The Labute approximate surface area is 161 Å². The normalized spacial score (nSPS) is 10.5. The second kappa shape index (κ2) is 7.86. The van der Waals surface area contributed by atoms with Gasteiger partial charge in [-0.2, -0.15) is 5.10 Å². The molecule has 0 saturated carbocycles. The summed E-state index contributed by atoms with van der Waals surface area (Å²) in [5.41, 5.74) is 0.246. The van der Waals surface area contributed by atoms with Crippen molar-refractivity contribution in [1.82, 2.24) is 14.8 Å². The summed E-state index contributed by atoms with van der Waals surface area (Å²) in [6.45, 7) is 0.146. The Hall–Kier alpha value is -2.09. The molecule has 0 saturated heterocycles. The van der Waals surface area contributed by atoms with Crippen LogP contribution in [0.25, 0.3) is 0 Å². The Morgan fingerprint density at radius 2 is 2.00 bits per heavy atom. The van der Waals surface area contributed by atoms with Crippen LogP contribution in [-0.4, -0.2) is 20.7 Å². The van der Waals surface area contributed by atoms with Crippen LogP contribution in [0.15, 0.2) is 53.3 Å². The van der Waals surface area contributed by atoms with Gasteiger partial charge in [0.2, 0.25) is 0 Å². The van der Waals surface area contributed by atoms with Gasteiger partial charge in [-0.15, -0.1) is 0 Å². The van der Waals surface area contributed by atoms with Crippen molar-refractivity contribution in [1.29, 1.82) is 0 Å². The molecule has 0 unspecified atom stereocenters. The van der Waals surface area contributed by atoms with Crippen LogP contribution in [0.4, 0.5) is 5.82 Å². The molecule has 9 heteroatoms. The Bertz CT molecular complexity index is 899. The lowest BCUT2D eigenvalue weighted by Gasteiger charge is -2.08. The molecule has 0 bridgehead atoms. The molecule has 3 rings (SSSR count). The van der Waals surface area contributed by atoms with Gasteiger partial charge in [0.15, 0.2) is 12.4 Å². The Morgan fingerprint density at radius 1 is 1.20 bits per heavy atom. The second-order valence-electron chi connectivity index (χ2n) is 4.90. The van der Waals surface area contributed by atoms with Gasteiger partial charge >= 0.3 is 0 Å². The molecule has 1 N–H and O–H groups in total. The summed E-state index contributed by atoms with van der Waals surface area (Å²) < 4.78 is 7.88. The number of carbonyl (C=O) groups excluding carboxylic acids is 1. The Kier molecular flexibility index (Phi) is 5.57. The molecular formula is C16H11BrCl2N4O2. The molecule has 0 aliphatic carbocycles. The number of anilines is 1. The summed E-state index contributed by atoms with van der Waals surface area (Å²) in [5.74, 6) is 0.641. The summed E-state index contributed by atoms with van der Waals surface area (Å²) in [4.78, 5) is 16.2. The molecule has 0 radical (unpaired) electrons. The van der Waals surface area contributed by atoms with E-state index in [9.17, 15) is 4.79 Å². The smallest absolute Gasteiger partial charge is 0.277 e. The van der Waals surface area contributed by atoms with Crippen molar-refractivity contribution in [3.8, 4) is 5.75 Å². The second-order valence-corrected chi connectivity index (χ2v) is 6.63. The van der Waals surface area contributed by atoms with E-state index in [2.05, 4.69) is 31.3 Å². The quantitative estimate of drug-likeness (QED) is 0.626. The van der Waals surface area contributed by atoms with Gasteiger partial charge in [-0.25, -0.2) is 9.67 Å². The van der Waals surface area contributed by atoms with Gasteiger partial charge in [0, 0.05) is 17.4 Å². The maximum Gasteiger partial charge on any atom is 0.277 e. The van der Waals surface area contributed by atoms with Gasteiger partial charge in [0.25, 0.3) is 5.91 Å². The standard InChI is InChI=1S/C16H11BrCl2N4O2/c17-12-7-10(18)1-3-14(12)25-9-23-6-5-13(22-23)16(24)21-15-4-2-11(19)8-20-15/h1-8H,9H2,(H,20,21,24). The van der Waals surface area contributed by atoms with E-state index in [0.717, 1.165) is 4.47 Å². The lowest BCUT2D eigenvalue weighted by molar-refractivity contribution is 0.102. The van der Waals surface area contributed by atoms with E-state index in [1.807, 2.05) is 0 Å². The van der Waals surface area contributed by atoms with Crippen molar-refractivity contribution < 1.29 is 9.53 Å². The number of nitrogens with zero attached hydrogens (tertiary/aromatic N) is 3. The molecular weight excluding hydrogens is 431 g/mol. The predicted octanol–water partition coefficient (Wildman–Crippen LogP) is 4.64. The van der Waals surface area contributed by atoms with Crippen molar-refractivity contribution in [2.24, 2.45) is 0 Å². The highest BCUT2D eigenvalue weighted by atomic mass is 79.9. The van der Waals surface area contributed by atoms with Crippen LogP contribution in [0.5, 0.6) is 5.75 Å². The highest BCUT2D eigenvalue weighted by molar-refractivity contribution is 9.10. The largest absolute Gasteiger partial charge is 0.470 e. The van der Waals surface area contributed by atoms with Crippen LogP contribution in [0.3, 0.4) is 0 Å². The zero-order valence-corrected chi connectivity index (χ0v) is 15.7. The van der Waals surface area contributed by atoms with Crippen molar-refractivity contribution in [3.05, 3.63) is 69.0 Å². The van der Waals surface area contributed by atoms with Crippen molar-refractivity contribution in [2.75, 3.05) is 5.32 Å². The molecule has 0 atom stereocenters. The van der Waals surface area contributed by atoms with Gasteiger partial charge in [-0.1, -0.05) is 23.2 Å². The zero-order valence-electron chi connectivity index (χ0n) is 12.6. The van der Waals surface area contributed by atoms with Gasteiger partial charge < -0.3 is 10.1 Å². The summed E-state index contributed by atoms with van der Waals surface area (Å²) in [7, 11) is 0. The van der Waals surface area contributed by atoms with E-state index in [0.29, 0.717) is 21.6 Å². The molecule has 1 amide bonds. The van der Waals surface area contributed by atoms with Crippen molar-refractivity contribution in [3.63, 3.8) is 0 Å². The highest BCUT2D eigenvalue weighted by Gasteiger charge is 2.11. The monoisotopic (exact) mass is 440 g/mol. The molecule has 1 aromatic carbocycles. The van der Waals surface area contributed by atoms with Crippen molar-refractivity contribution in [2.45, 2.75) is 6.73 Å². The number of benzene rings is 1. The average Bonchev–Trinajstić information content (AvgIpc) is 3.05. The highest BCUT2D eigenvalue weighted by Crippen LogP contribution is 2.28. The van der Waals surface area contributed by atoms with Crippen molar-refractivity contribution >= 4 is 50.9 Å². The van der Waals surface area contributed by atoms with Gasteiger partial charge in [-0.3, -0.25) is 4.79 Å². The van der Waals surface area contributed by atoms with Crippen LogP contribution in [0.1, 0.15) is 10.5 Å². The van der Waals surface area contributed by atoms with E-state index in [4.69, 9.17) is 27.9 Å². The number of hydrogen-bond donors (Lipinski definition) is 1. The minimum atomic E-state index is -0.374. The average molecular weight is 442 g/mol. The number of rotatable bonds is 5. The SMILES string of the molecule is O=C(Nc1ccc(Cl)cn1)c1ccn(COc2ccc(Cl)cc2Br)n1. The lowest BCUT2D eigenvalue weighted by Crippen LogP contribution is -2.15. The number of pyridine rings is 1. The number of hydrogen-bond acceptors (Lipinski definition) is 4. The van der Waals surface area contributed by atoms with Crippen LogP contribution in [0.2, 0.25) is 10.0 Å². The van der Waals surface area contributed by atoms with Gasteiger partial charge in [0.05, 0.1) is 9.50 Å². The first kappa shape index (κ1) is 17.7. The minimum Gasteiger partial charge on any atom is -0.470 e. The molecule has 25 heavy (non-hydrogen) atoms. The Balaban J connectivity index is 1.61. The van der Waals surface area contributed by atoms with E-state index in [1.165, 1.54) is 10.9 Å². The molecule has 3 aromatic rings. The maximum absolute atomic E-state index is 12.2. The first-order chi connectivity index (χ1) is 12.0. The number of ether oxygens (including phenoxy) is 1. The molecule has 2 aromatic heterocycles. The van der Waals surface area contributed by atoms with Crippen LogP contribution in [-0.2, 0) is 6.73 Å². The van der Waals surface area contributed by atoms with E-state index >= 15 is 0 Å². The summed E-state index contributed by atoms with van der Waals surface area (Å²) in [5, 5.41) is 7.91. The lowest BCUT2D eigenvalue weighted by atomic mass is 10.3. The van der Waals surface area contributed by atoms with Gasteiger partial charge in [-0.05, 0) is 52.3 Å². The molecule has 0 aliphatic rings. The third kappa shape index (κ3) is 4.72. The van der Waals surface area contributed by atoms with E-state index in [1.54, 1.807) is 42.6 Å². The fraction of sp³-hybridized carbons (Fsp3) is 0.0625. The number of halogens is 3. The first-order valence-corrected chi connectivity index (χ1v) is 8.60. The van der Waals surface area contributed by atoms with Crippen LogP contribution in [0, 0.1) is 0 Å². The number of amides is 1. The van der Waals surface area contributed by atoms with Gasteiger partial charge in [0.1, 0.15) is 11.6 Å². The number of aromatic nitrogens is 3. The topological polar surface area (TPSA) is 69.0 Å². The molecule has 2 heterocycles. The Morgan fingerprint density at radius 3 is 2.72 bits per heavy atom. The molecule has 0 aliphatic heterocycles. The summed E-state index contributed by atoms with van der Waals surface area (Å²) in [6.07, 6.45) is 3.10. The number of carbonyl (C=O) groups is 1. The van der Waals surface area contributed by atoms with Crippen LogP contribution >= 0.6 is 39.1 Å². The summed E-state index contributed by atoms with van der Waals surface area (Å²) >= 11 is 15.0. The first-order valence-electron chi connectivity index (χ1n) is 7.05. The number of nitrogens with one attached hydrogen (secondary N) is 1. The molecule has 6 nitrogen and oxygen atoms in total. The van der Waals surface area contributed by atoms with E-state index < -0.39 is 0 Å². The predicted molar refractivity (Wildman–Crippen MR) is 99.2 cm³/mol. The third-order valence-electron chi connectivity index (χ3n) is 3.09. The van der Waals surface area contributed by atoms with Crippen LogP contribution < -0.4 is 10.1 Å². The minimum absolute atomic E-state index is 0.146. The molecule has 0 spiro atoms. The zero-order chi connectivity index (χ0) is 17.8.